The van der Waals surface area contributed by atoms with E-state index in [1.54, 1.807) is 12.1 Å². The summed E-state index contributed by atoms with van der Waals surface area (Å²) >= 11 is 6.00. The number of aromatic nitrogens is 1. The van der Waals surface area contributed by atoms with E-state index in [9.17, 15) is 4.79 Å². The number of piperidine rings is 1. The van der Waals surface area contributed by atoms with Gasteiger partial charge in [-0.2, -0.15) is 5.16 Å². The van der Waals surface area contributed by atoms with Crippen LogP contribution in [-0.2, 0) is 0 Å². The molecule has 2 heterocycles. The number of nitrogens with one attached hydrogen (secondary N) is 2. The van der Waals surface area contributed by atoms with Crippen molar-refractivity contribution in [2.75, 3.05) is 13.1 Å². The Balaban J connectivity index is 2.05. The van der Waals surface area contributed by atoms with Gasteiger partial charge in [-0.1, -0.05) is 23.7 Å². The first-order valence-corrected chi connectivity index (χ1v) is 6.81. The minimum atomic E-state index is -0.184. The number of H-pyrrole nitrogens is 1. The highest BCUT2D eigenvalue weighted by molar-refractivity contribution is 6.30. The van der Waals surface area contributed by atoms with Gasteiger partial charge in [-0.3, -0.25) is 4.79 Å². The van der Waals surface area contributed by atoms with Gasteiger partial charge in [-0.05, 0) is 43.6 Å². The Kier molecular flexibility index (Phi) is 3.44. The fourth-order valence-electron chi connectivity index (χ4n) is 2.60. The molecule has 1 aromatic carbocycles. The molecule has 0 unspecified atom stereocenters. The van der Waals surface area contributed by atoms with Crippen LogP contribution >= 0.6 is 11.6 Å². The third kappa shape index (κ3) is 2.46. The quantitative estimate of drug-likeness (QED) is 0.888. The molecule has 0 bridgehead atoms. The summed E-state index contributed by atoms with van der Waals surface area (Å²) in [6.07, 6.45) is 1.96. The van der Waals surface area contributed by atoms with Crippen molar-refractivity contribution in [2.45, 2.75) is 18.8 Å². The lowest BCUT2D eigenvalue weighted by molar-refractivity contribution is 0.326. The summed E-state index contributed by atoms with van der Waals surface area (Å²) in [6.45, 7) is 1.91. The lowest BCUT2D eigenvalue weighted by Gasteiger charge is -2.20. The molecule has 1 aromatic heterocycles. The molecule has 0 radical (unpaired) electrons. The second-order valence-corrected chi connectivity index (χ2v) is 5.24. The molecular formula is C14H15ClN2O2. The average Bonchev–Trinajstić information content (AvgIpc) is 2.82. The largest absolute Gasteiger partial charge is 0.383 e. The molecule has 1 saturated heterocycles. The van der Waals surface area contributed by atoms with Crippen molar-refractivity contribution in [1.29, 1.82) is 0 Å². The van der Waals surface area contributed by atoms with Crippen molar-refractivity contribution in [3.05, 3.63) is 45.4 Å². The molecule has 1 fully saturated rings. The lowest BCUT2D eigenvalue weighted by Crippen LogP contribution is -2.26. The van der Waals surface area contributed by atoms with Crippen LogP contribution in [0.25, 0.3) is 11.1 Å². The van der Waals surface area contributed by atoms with E-state index in [1.807, 2.05) is 12.1 Å². The fourth-order valence-corrected chi connectivity index (χ4v) is 2.79. The maximum Gasteiger partial charge on any atom is 0.288 e. The third-order valence-electron chi connectivity index (χ3n) is 3.55. The lowest BCUT2D eigenvalue weighted by atomic mass is 9.91. The summed E-state index contributed by atoms with van der Waals surface area (Å²) in [7, 11) is 0. The maximum absolute atomic E-state index is 12.0. The summed E-state index contributed by atoms with van der Waals surface area (Å²) in [6, 6.07) is 7.32. The SMILES string of the molecule is O=c1[nH]oc(C2CCNCC2)c1-c1cccc(Cl)c1. The zero-order valence-electron chi connectivity index (χ0n) is 10.4. The molecule has 0 atom stereocenters. The van der Waals surface area contributed by atoms with E-state index in [0.717, 1.165) is 37.3 Å². The van der Waals surface area contributed by atoms with Gasteiger partial charge in [0.1, 0.15) is 5.76 Å². The van der Waals surface area contributed by atoms with E-state index >= 15 is 0 Å². The number of aromatic amines is 1. The minimum Gasteiger partial charge on any atom is -0.383 e. The van der Waals surface area contributed by atoms with Crippen LogP contribution in [0.5, 0.6) is 0 Å². The fraction of sp³-hybridized carbons (Fsp3) is 0.357. The van der Waals surface area contributed by atoms with Gasteiger partial charge in [0, 0.05) is 10.9 Å². The Morgan fingerprint density at radius 3 is 2.79 bits per heavy atom. The molecule has 1 aliphatic heterocycles. The number of halogens is 1. The van der Waals surface area contributed by atoms with E-state index in [1.165, 1.54) is 0 Å². The Morgan fingerprint density at radius 1 is 1.26 bits per heavy atom. The topological polar surface area (TPSA) is 58.0 Å². The summed E-state index contributed by atoms with van der Waals surface area (Å²) in [5.41, 5.74) is 1.25. The van der Waals surface area contributed by atoms with Crippen molar-refractivity contribution < 1.29 is 4.52 Å². The molecule has 19 heavy (non-hydrogen) atoms. The number of benzene rings is 1. The second-order valence-electron chi connectivity index (χ2n) is 4.81. The molecule has 3 rings (SSSR count). The van der Waals surface area contributed by atoms with Crippen molar-refractivity contribution >= 4 is 11.6 Å². The average molecular weight is 279 g/mol. The van der Waals surface area contributed by atoms with Crippen molar-refractivity contribution in [1.82, 2.24) is 10.5 Å². The molecule has 0 saturated carbocycles. The highest BCUT2D eigenvalue weighted by atomic mass is 35.5. The van der Waals surface area contributed by atoms with Crippen molar-refractivity contribution in [2.24, 2.45) is 0 Å². The number of hydrogen-bond acceptors (Lipinski definition) is 3. The first-order chi connectivity index (χ1) is 9.25. The Hall–Kier alpha value is -1.52. The van der Waals surface area contributed by atoms with E-state index in [2.05, 4.69) is 10.5 Å². The zero-order valence-corrected chi connectivity index (χ0v) is 11.2. The molecule has 2 N–H and O–H groups in total. The highest BCUT2D eigenvalue weighted by Gasteiger charge is 2.25. The van der Waals surface area contributed by atoms with Gasteiger partial charge in [0.2, 0.25) is 0 Å². The van der Waals surface area contributed by atoms with Gasteiger partial charge >= 0.3 is 0 Å². The molecule has 0 aliphatic carbocycles. The van der Waals surface area contributed by atoms with Crippen LogP contribution in [-0.4, -0.2) is 18.2 Å². The van der Waals surface area contributed by atoms with E-state index in [-0.39, 0.29) is 11.5 Å². The van der Waals surface area contributed by atoms with Crippen LogP contribution in [0.2, 0.25) is 5.02 Å². The van der Waals surface area contributed by atoms with E-state index < -0.39 is 0 Å². The van der Waals surface area contributed by atoms with Crippen LogP contribution in [0.4, 0.5) is 0 Å². The first-order valence-electron chi connectivity index (χ1n) is 6.44. The van der Waals surface area contributed by atoms with E-state index in [0.29, 0.717) is 10.6 Å². The van der Waals surface area contributed by atoms with Gasteiger partial charge in [0.25, 0.3) is 5.56 Å². The standard InChI is InChI=1S/C14H15ClN2O2/c15-11-3-1-2-10(8-11)12-13(19-17-14(12)18)9-4-6-16-7-5-9/h1-3,8-9,16H,4-7H2,(H,17,18). The van der Waals surface area contributed by atoms with Crippen LogP contribution < -0.4 is 10.9 Å². The van der Waals surface area contributed by atoms with Crippen LogP contribution in [0.15, 0.2) is 33.6 Å². The van der Waals surface area contributed by atoms with Crippen LogP contribution in [0.1, 0.15) is 24.5 Å². The Bertz CT molecular complexity index is 626. The number of rotatable bonds is 2. The third-order valence-corrected chi connectivity index (χ3v) is 3.79. The van der Waals surface area contributed by atoms with Gasteiger partial charge in [0.05, 0.1) is 5.56 Å². The van der Waals surface area contributed by atoms with Crippen LogP contribution in [0.3, 0.4) is 0 Å². The smallest absolute Gasteiger partial charge is 0.288 e. The summed E-state index contributed by atoms with van der Waals surface area (Å²) in [5, 5.41) is 6.39. The molecule has 0 spiro atoms. The van der Waals surface area contributed by atoms with Gasteiger partial charge in [-0.25, -0.2) is 0 Å². The zero-order chi connectivity index (χ0) is 13.2. The van der Waals surface area contributed by atoms with E-state index in [4.69, 9.17) is 16.1 Å². The summed E-state index contributed by atoms with van der Waals surface area (Å²) in [5.74, 6) is 1.04. The predicted octanol–water partition coefficient (Wildman–Crippen LogP) is 2.76. The predicted molar refractivity (Wildman–Crippen MR) is 74.6 cm³/mol. The summed E-state index contributed by atoms with van der Waals surface area (Å²) < 4.78 is 5.42. The Morgan fingerprint density at radius 2 is 2.05 bits per heavy atom. The van der Waals surface area contributed by atoms with Gasteiger partial charge in [0.15, 0.2) is 0 Å². The molecule has 1 aliphatic rings. The van der Waals surface area contributed by atoms with Crippen molar-refractivity contribution in [3.8, 4) is 11.1 Å². The van der Waals surface area contributed by atoms with Crippen LogP contribution in [0, 0.1) is 0 Å². The Labute approximate surface area is 115 Å². The molecule has 0 amide bonds. The molecule has 4 nitrogen and oxygen atoms in total. The highest BCUT2D eigenvalue weighted by Crippen LogP contribution is 2.32. The minimum absolute atomic E-state index is 0.184. The monoisotopic (exact) mass is 278 g/mol. The first kappa shape index (κ1) is 12.5. The van der Waals surface area contributed by atoms with Gasteiger partial charge in [-0.15, -0.1) is 0 Å². The normalized spacial score (nSPS) is 16.7. The second kappa shape index (κ2) is 5.23. The van der Waals surface area contributed by atoms with Gasteiger partial charge < -0.3 is 9.84 Å². The molecule has 2 aromatic rings. The molecular weight excluding hydrogens is 264 g/mol. The molecule has 5 heteroatoms. The molecule has 100 valence electrons. The summed E-state index contributed by atoms with van der Waals surface area (Å²) in [4.78, 5) is 12.0. The van der Waals surface area contributed by atoms with Crippen molar-refractivity contribution in [3.63, 3.8) is 0 Å². The maximum atomic E-state index is 12.0. The number of hydrogen-bond donors (Lipinski definition) is 2.